The second-order valence-electron chi connectivity index (χ2n) is 6.33. The van der Waals surface area contributed by atoms with E-state index in [1.807, 2.05) is 32.9 Å². The standard InChI is InChI=1S/C18H25N3O3S/c1-12-4-5-16(24-12)15(21-6-8-23-9-7-21)11-19-18(22)10-17-13(2)20-14(3)25-17/h4-5,15H,6-11H2,1-3H3,(H,19,22)/t15-/m0/s1. The van der Waals surface area contributed by atoms with Crippen LogP contribution in [0.3, 0.4) is 0 Å². The molecule has 1 N–H and O–H groups in total. The van der Waals surface area contributed by atoms with Crippen molar-refractivity contribution in [1.29, 1.82) is 0 Å². The summed E-state index contributed by atoms with van der Waals surface area (Å²) < 4.78 is 11.3. The molecule has 0 unspecified atom stereocenters. The predicted octanol–water partition coefficient (Wildman–Crippen LogP) is 2.39. The molecule has 0 bridgehead atoms. The number of furan rings is 1. The van der Waals surface area contributed by atoms with Gasteiger partial charge >= 0.3 is 0 Å². The molecule has 2 aromatic rings. The Labute approximate surface area is 152 Å². The molecule has 25 heavy (non-hydrogen) atoms. The number of aryl methyl sites for hydroxylation is 3. The molecule has 1 fully saturated rings. The Morgan fingerprint density at radius 2 is 2.08 bits per heavy atom. The number of aromatic nitrogens is 1. The fraction of sp³-hybridized carbons (Fsp3) is 0.556. The summed E-state index contributed by atoms with van der Waals surface area (Å²) in [6, 6.07) is 4.00. The van der Waals surface area contributed by atoms with E-state index in [4.69, 9.17) is 9.15 Å². The van der Waals surface area contributed by atoms with Crippen molar-refractivity contribution in [2.75, 3.05) is 32.8 Å². The highest BCUT2D eigenvalue weighted by Gasteiger charge is 2.25. The monoisotopic (exact) mass is 363 g/mol. The van der Waals surface area contributed by atoms with Crippen molar-refractivity contribution >= 4 is 17.2 Å². The van der Waals surface area contributed by atoms with Crippen LogP contribution in [0.4, 0.5) is 0 Å². The van der Waals surface area contributed by atoms with Gasteiger partial charge < -0.3 is 14.5 Å². The molecule has 7 heteroatoms. The number of ether oxygens (including phenoxy) is 1. The van der Waals surface area contributed by atoms with Crippen molar-refractivity contribution in [2.24, 2.45) is 0 Å². The number of carbonyl (C=O) groups is 1. The van der Waals surface area contributed by atoms with Crippen LogP contribution < -0.4 is 5.32 Å². The summed E-state index contributed by atoms with van der Waals surface area (Å²) in [6.07, 6.45) is 0.379. The van der Waals surface area contributed by atoms with Gasteiger partial charge in [0.05, 0.1) is 36.4 Å². The molecule has 136 valence electrons. The van der Waals surface area contributed by atoms with E-state index >= 15 is 0 Å². The fourth-order valence-corrected chi connectivity index (χ4v) is 4.02. The maximum absolute atomic E-state index is 12.4. The lowest BCUT2D eigenvalue weighted by Gasteiger charge is -2.33. The van der Waals surface area contributed by atoms with Crippen LogP contribution in [0.2, 0.25) is 0 Å². The van der Waals surface area contributed by atoms with Crippen molar-refractivity contribution in [1.82, 2.24) is 15.2 Å². The molecule has 0 saturated carbocycles. The number of amides is 1. The average Bonchev–Trinajstić information content (AvgIpc) is 3.14. The molecule has 0 radical (unpaired) electrons. The van der Waals surface area contributed by atoms with Gasteiger partial charge in [-0.05, 0) is 32.9 Å². The molecular weight excluding hydrogens is 338 g/mol. The molecule has 1 amide bonds. The number of hydrogen-bond acceptors (Lipinski definition) is 6. The summed E-state index contributed by atoms with van der Waals surface area (Å²) in [5, 5.41) is 4.07. The van der Waals surface area contributed by atoms with E-state index in [1.165, 1.54) is 0 Å². The molecule has 6 nitrogen and oxygen atoms in total. The zero-order valence-corrected chi connectivity index (χ0v) is 15.8. The van der Waals surface area contributed by atoms with Crippen molar-refractivity contribution in [2.45, 2.75) is 33.2 Å². The Morgan fingerprint density at radius 1 is 1.32 bits per heavy atom. The van der Waals surface area contributed by atoms with Gasteiger partial charge in [-0.25, -0.2) is 4.98 Å². The van der Waals surface area contributed by atoms with Crippen LogP contribution in [-0.4, -0.2) is 48.6 Å². The predicted molar refractivity (Wildman–Crippen MR) is 96.9 cm³/mol. The molecule has 1 atom stereocenters. The first-order valence-corrected chi connectivity index (χ1v) is 9.42. The summed E-state index contributed by atoms with van der Waals surface area (Å²) >= 11 is 1.59. The van der Waals surface area contributed by atoms with Crippen LogP contribution in [-0.2, 0) is 16.0 Å². The maximum atomic E-state index is 12.4. The Hall–Kier alpha value is -1.70. The molecule has 1 saturated heterocycles. The van der Waals surface area contributed by atoms with Gasteiger partial charge in [-0.3, -0.25) is 9.69 Å². The van der Waals surface area contributed by atoms with E-state index in [0.717, 1.165) is 40.2 Å². The third-order valence-corrected chi connectivity index (χ3v) is 5.46. The van der Waals surface area contributed by atoms with E-state index in [-0.39, 0.29) is 11.9 Å². The molecular formula is C18H25N3O3S. The first-order chi connectivity index (χ1) is 12.0. The number of carbonyl (C=O) groups excluding carboxylic acids is 1. The number of hydrogen-bond donors (Lipinski definition) is 1. The summed E-state index contributed by atoms with van der Waals surface area (Å²) in [4.78, 5) is 20.1. The van der Waals surface area contributed by atoms with Gasteiger partial charge in [0, 0.05) is 24.5 Å². The van der Waals surface area contributed by atoms with Crippen LogP contribution in [0.5, 0.6) is 0 Å². The maximum Gasteiger partial charge on any atom is 0.225 e. The van der Waals surface area contributed by atoms with E-state index in [1.54, 1.807) is 11.3 Å². The van der Waals surface area contributed by atoms with Gasteiger partial charge in [0.15, 0.2) is 0 Å². The molecule has 1 aliphatic rings. The highest BCUT2D eigenvalue weighted by Crippen LogP contribution is 2.23. The lowest BCUT2D eigenvalue weighted by Crippen LogP contribution is -2.43. The average molecular weight is 363 g/mol. The normalized spacial score (nSPS) is 16.8. The summed E-state index contributed by atoms with van der Waals surface area (Å²) in [7, 11) is 0. The number of rotatable bonds is 6. The topological polar surface area (TPSA) is 67.6 Å². The Bertz CT molecular complexity index is 719. The highest BCUT2D eigenvalue weighted by atomic mass is 32.1. The minimum atomic E-state index is 0.0216. The highest BCUT2D eigenvalue weighted by molar-refractivity contribution is 7.11. The van der Waals surface area contributed by atoms with Gasteiger partial charge in [0.1, 0.15) is 11.5 Å². The van der Waals surface area contributed by atoms with Gasteiger partial charge in [-0.15, -0.1) is 11.3 Å². The van der Waals surface area contributed by atoms with Crippen LogP contribution in [0, 0.1) is 20.8 Å². The van der Waals surface area contributed by atoms with Crippen molar-refractivity contribution in [3.05, 3.63) is 39.2 Å². The Kier molecular flexibility index (Phi) is 5.88. The van der Waals surface area contributed by atoms with Crippen molar-refractivity contribution in [3.63, 3.8) is 0 Å². The first-order valence-electron chi connectivity index (χ1n) is 8.60. The van der Waals surface area contributed by atoms with Crippen LogP contribution in [0.15, 0.2) is 16.5 Å². The molecule has 3 heterocycles. The zero-order valence-electron chi connectivity index (χ0n) is 15.0. The smallest absolute Gasteiger partial charge is 0.225 e. The number of nitrogens with zero attached hydrogens (tertiary/aromatic N) is 2. The second kappa shape index (κ2) is 8.12. The molecule has 2 aromatic heterocycles. The van der Waals surface area contributed by atoms with Crippen LogP contribution >= 0.6 is 11.3 Å². The van der Waals surface area contributed by atoms with Crippen LogP contribution in [0.25, 0.3) is 0 Å². The van der Waals surface area contributed by atoms with E-state index in [0.29, 0.717) is 26.2 Å². The number of morpholine rings is 1. The Morgan fingerprint density at radius 3 is 2.68 bits per heavy atom. The lowest BCUT2D eigenvalue weighted by molar-refractivity contribution is -0.120. The van der Waals surface area contributed by atoms with Gasteiger partial charge in [0.25, 0.3) is 0 Å². The van der Waals surface area contributed by atoms with Gasteiger partial charge in [0.2, 0.25) is 5.91 Å². The zero-order chi connectivity index (χ0) is 17.8. The van der Waals surface area contributed by atoms with Gasteiger partial charge in [-0.2, -0.15) is 0 Å². The van der Waals surface area contributed by atoms with Gasteiger partial charge in [-0.1, -0.05) is 0 Å². The molecule has 0 aliphatic carbocycles. The SMILES string of the molecule is Cc1ccc([C@H](CNC(=O)Cc2sc(C)nc2C)N2CCOCC2)o1. The minimum absolute atomic E-state index is 0.0216. The molecule has 0 spiro atoms. The van der Waals surface area contributed by atoms with E-state index in [9.17, 15) is 4.79 Å². The first kappa shape index (κ1) is 18.1. The van der Waals surface area contributed by atoms with E-state index in [2.05, 4.69) is 15.2 Å². The summed E-state index contributed by atoms with van der Waals surface area (Å²) in [5.74, 6) is 1.80. The quantitative estimate of drug-likeness (QED) is 0.854. The number of nitrogens with one attached hydrogen (secondary N) is 1. The third kappa shape index (κ3) is 4.68. The summed E-state index contributed by atoms with van der Waals surface area (Å²) in [6.45, 7) is 9.49. The minimum Gasteiger partial charge on any atom is -0.465 e. The van der Waals surface area contributed by atoms with E-state index < -0.39 is 0 Å². The van der Waals surface area contributed by atoms with Crippen molar-refractivity contribution < 1.29 is 13.9 Å². The Balaban J connectivity index is 1.63. The summed E-state index contributed by atoms with van der Waals surface area (Å²) in [5.41, 5.74) is 0.948. The molecule has 1 aliphatic heterocycles. The third-order valence-electron chi connectivity index (χ3n) is 4.39. The second-order valence-corrected chi connectivity index (χ2v) is 7.62. The molecule has 3 rings (SSSR count). The van der Waals surface area contributed by atoms with Crippen LogP contribution in [0.1, 0.15) is 33.1 Å². The fourth-order valence-electron chi connectivity index (χ4n) is 3.09. The lowest BCUT2D eigenvalue weighted by atomic mass is 10.1. The molecule has 0 aromatic carbocycles. The largest absolute Gasteiger partial charge is 0.465 e. The number of thiazole rings is 1. The van der Waals surface area contributed by atoms with Crippen molar-refractivity contribution in [3.8, 4) is 0 Å².